The van der Waals surface area contributed by atoms with E-state index in [1.165, 1.54) is 18.9 Å². The normalized spacial score (nSPS) is 13.3. The van der Waals surface area contributed by atoms with E-state index >= 15 is 0 Å². The summed E-state index contributed by atoms with van der Waals surface area (Å²) in [4.78, 5) is 31.1. The first-order chi connectivity index (χ1) is 21.3. The summed E-state index contributed by atoms with van der Waals surface area (Å²) in [6.07, 6.45) is 5.48. The van der Waals surface area contributed by atoms with Crippen LogP contribution >= 0.6 is 18.3 Å². The number of esters is 1. The zero-order valence-corrected chi connectivity index (χ0v) is 26.7. The number of ether oxygens (including phenoxy) is 1. The van der Waals surface area contributed by atoms with Gasteiger partial charge in [0.25, 0.3) is 12.5 Å². The molecule has 0 aliphatic rings. The number of amides is 1. The molecule has 0 aliphatic carbocycles. The van der Waals surface area contributed by atoms with Crippen molar-refractivity contribution in [3.63, 3.8) is 0 Å². The maximum atomic E-state index is 12.5. The van der Waals surface area contributed by atoms with Crippen molar-refractivity contribution in [1.82, 2.24) is 24.9 Å². The smallest absolute Gasteiger partial charge is 0.323 e. The molecule has 1 amide bonds. The maximum Gasteiger partial charge on any atom is 0.323 e. The number of methoxy groups -OCH3 is 1. The molecular weight excluding hydrogens is 613 g/mol. The van der Waals surface area contributed by atoms with Crippen LogP contribution in [0.5, 0.6) is 5.75 Å². The van der Waals surface area contributed by atoms with Crippen LogP contribution in [0, 0.1) is 0 Å². The fourth-order valence-electron chi connectivity index (χ4n) is 4.35. The van der Waals surface area contributed by atoms with Crippen LogP contribution in [0.2, 0.25) is 0 Å². The summed E-state index contributed by atoms with van der Waals surface area (Å²) in [7, 11) is 2.93. The number of nitrogens with zero attached hydrogens (tertiary/aromatic N) is 3. The van der Waals surface area contributed by atoms with E-state index in [0.29, 0.717) is 22.5 Å². The minimum absolute atomic E-state index is 0.172. The average molecular weight is 644 g/mol. The van der Waals surface area contributed by atoms with Crippen molar-refractivity contribution in [1.29, 1.82) is 0 Å². The molecule has 0 bridgehead atoms. The van der Waals surface area contributed by atoms with E-state index in [-0.39, 0.29) is 5.91 Å². The minimum Gasteiger partial charge on any atom is -0.468 e. The molecule has 5 rings (SSSR count). The van der Waals surface area contributed by atoms with Gasteiger partial charge in [0.2, 0.25) is 0 Å². The molecule has 44 heavy (non-hydrogen) atoms. The van der Waals surface area contributed by atoms with Crippen molar-refractivity contribution in [3.8, 4) is 5.75 Å². The average Bonchev–Trinajstić information content (AvgIpc) is 3.42. The number of para-hydroxylation sites is 1. The van der Waals surface area contributed by atoms with Gasteiger partial charge in [-0.05, 0) is 85.5 Å². The number of pyridine rings is 1. The van der Waals surface area contributed by atoms with Gasteiger partial charge in [0.15, 0.2) is 0 Å². The molecule has 9 nitrogen and oxygen atoms in total. The molecule has 2 aromatic heterocycles. The number of hydrogen-bond donors (Lipinski definition) is 2. The first kappa shape index (κ1) is 31.2. The van der Waals surface area contributed by atoms with Gasteiger partial charge in [-0.1, -0.05) is 48.2 Å². The maximum absolute atomic E-state index is 12.5. The molecule has 0 radical (unpaired) electrons. The van der Waals surface area contributed by atoms with Gasteiger partial charge in [-0.25, -0.2) is 5.09 Å². The number of carbonyl (C=O) groups is 2. The standard InChI is InChI=1S/C32H30N5O4PS2/c1-22(32(39)40-3)36-42(43,41-24-12-5-4-6-13-24)37-29-21-25(44-30-15-8-7-14-27(30)31(38)33-2)17-18-26(29)28(35-37)19-16-23-11-9-10-20-34-23/h4-22H,1-3H3,(H,33,38)(H,36,43)/b19-16+/t22-,42?/m0/s1. The predicted octanol–water partition coefficient (Wildman–Crippen LogP) is 6.42. The highest BCUT2D eigenvalue weighted by Crippen LogP contribution is 2.48. The molecule has 3 aromatic carbocycles. The highest BCUT2D eigenvalue weighted by Gasteiger charge is 2.31. The topological polar surface area (TPSA) is 107 Å². The molecule has 0 saturated carbocycles. The third-order valence-corrected chi connectivity index (χ3v) is 10.5. The lowest BCUT2D eigenvalue weighted by Crippen LogP contribution is -2.35. The van der Waals surface area contributed by atoms with Crippen molar-refractivity contribution < 1.29 is 18.8 Å². The summed E-state index contributed by atoms with van der Waals surface area (Å²) < 4.78 is 13.1. The molecule has 0 spiro atoms. The molecule has 5 aromatic rings. The van der Waals surface area contributed by atoms with E-state index in [9.17, 15) is 9.59 Å². The molecule has 1 unspecified atom stereocenters. The minimum atomic E-state index is -3.30. The number of carbonyl (C=O) groups excluding carboxylic acids is 2. The Morgan fingerprint density at radius 3 is 2.48 bits per heavy atom. The van der Waals surface area contributed by atoms with Crippen molar-refractivity contribution in [2.24, 2.45) is 0 Å². The van der Waals surface area contributed by atoms with Crippen LogP contribution < -0.4 is 14.9 Å². The zero-order valence-electron chi connectivity index (χ0n) is 24.2. The SMILES string of the molecule is CNC(=O)c1ccccc1Sc1ccc2c(/C=C/c3ccccn3)nn(P(=S)(N[C@@H](C)C(=O)OC)Oc3ccccc3)c2c1. The lowest BCUT2D eigenvalue weighted by Gasteiger charge is -2.27. The van der Waals surface area contributed by atoms with Crippen LogP contribution in [0.25, 0.3) is 23.1 Å². The molecule has 224 valence electrons. The van der Waals surface area contributed by atoms with Crippen LogP contribution in [0.4, 0.5) is 0 Å². The summed E-state index contributed by atoms with van der Waals surface area (Å²) in [6, 6.07) is 27.4. The van der Waals surface area contributed by atoms with Gasteiger partial charge in [0, 0.05) is 28.4 Å². The van der Waals surface area contributed by atoms with E-state index < -0.39 is 18.6 Å². The van der Waals surface area contributed by atoms with E-state index in [2.05, 4.69) is 15.4 Å². The van der Waals surface area contributed by atoms with Gasteiger partial charge in [0.1, 0.15) is 11.8 Å². The second-order valence-corrected chi connectivity index (χ2v) is 14.0. The highest BCUT2D eigenvalue weighted by molar-refractivity contribution is 8.10. The van der Waals surface area contributed by atoms with Crippen molar-refractivity contribution in [3.05, 3.63) is 114 Å². The Morgan fingerprint density at radius 1 is 1.00 bits per heavy atom. The van der Waals surface area contributed by atoms with Crippen LogP contribution in [0.1, 0.15) is 28.7 Å². The Balaban J connectivity index is 1.66. The van der Waals surface area contributed by atoms with Gasteiger partial charge in [-0.15, -0.1) is 0 Å². The molecule has 12 heteroatoms. The molecule has 0 saturated heterocycles. The fraction of sp³-hybridized carbons (Fsp3) is 0.125. The van der Waals surface area contributed by atoms with Gasteiger partial charge in [-0.3, -0.25) is 14.6 Å². The Bertz CT molecular complexity index is 1870. The first-order valence-electron chi connectivity index (χ1n) is 13.6. The molecule has 2 N–H and O–H groups in total. The Hall–Kier alpha value is -4.28. The fourth-order valence-corrected chi connectivity index (χ4v) is 8.34. The number of aromatic nitrogens is 3. The Kier molecular flexibility index (Phi) is 9.92. The Morgan fingerprint density at radius 2 is 1.75 bits per heavy atom. The van der Waals surface area contributed by atoms with Crippen LogP contribution in [-0.4, -0.2) is 46.6 Å². The summed E-state index contributed by atoms with van der Waals surface area (Å²) in [6.45, 7) is -1.63. The summed E-state index contributed by atoms with van der Waals surface area (Å²) in [5, 5.41) is 11.7. The van der Waals surface area contributed by atoms with Gasteiger partial charge in [0.05, 0.1) is 29.6 Å². The second kappa shape index (κ2) is 14.0. The molecule has 0 aliphatic heterocycles. The van der Waals surface area contributed by atoms with Gasteiger partial charge >= 0.3 is 5.97 Å². The third kappa shape index (κ3) is 7.09. The van der Waals surface area contributed by atoms with Gasteiger partial charge in [-0.2, -0.15) is 9.55 Å². The summed E-state index contributed by atoms with van der Waals surface area (Å²) in [5.74, 6) is -0.127. The van der Waals surface area contributed by atoms with Crippen LogP contribution in [-0.2, 0) is 21.3 Å². The van der Waals surface area contributed by atoms with E-state index in [0.717, 1.165) is 20.9 Å². The first-order valence-corrected chi connectivity index (χ1v) is 17.1. The highest BCUT2D eigenvalue weighted by atomic mass is 32.5. The van der Waals surface area contributed by atoms with Crippen molar-refractivity contribution in [2.75, 3.05) is 14.2 Å². The van der Waals surface area contributed by atoms with Crippen molar-refractivity contribution in [2.45, 2.75) is 22.8 Å². The molecule has 2 atom stereocenters. The number of benzene rings is 3. The molecular formula is C32H30N5O4PS2. The van der Waals surface area contributed by atoms with E-state index in [4.69, 9.17) is 26.2 Å². The quantitative estimate of drug-likeness (QED) is 0.125. The molecule has 0 fully saturated rings. The van der Waals surface area contributed by atoms with E-state index in [1.807, 2.05) is 84.9 Å². The van der Waals surface area contributed by atoms with Crippen molar-refractivity contribution >= 4 is 65.1 Å². The molecule has 2 heterocycles. The zero-order chi connectivity index (χ0) is 31.1. The second-order valence-electron chi connectivity index (χ2n) is 9.52. The predicted molar refractivity (Wildman–Crippen MR) is 178 cm³/mol. The monoisotopic (exact) mass is 643 g/mol. The summed E-state index contributed by atoms with van der Waals surface area (Å²) >= 11 is 7.68. The van der Waals surface area contributed by atoms with Gasteiger partial charge < -0.3 is 14.6 Å². The number of nitrogens with one attached hydrogen (secondary N) is 2. The number of fused-ring (bicyclic) bond motifs is 1. The van der Waals surface area contributed by atoms with Crippen LogP contribution in [0.3, 0.4) is 0 Å². The van der Waals surface area contributed by atoms with Crippen LogP contribution in [0.15, 0.2) is 107 Å². The third-order valence-electron chi connectivity index (χ3n) is 6.48. The largest absolute Gasteiger partial charge is 0.468 e. The number of rotatable bonds is 11. The lowest BCUT2D eigenvalue weighted by molar-refractivity contribution is -0.142. The van der Waals surface area contributed by atoms with E-state index in [1.54, 1.807) is 42.8 Å². The lowest BCUT2D eigenvalue weighted by atomic mass is 10.2. The Labute approximate surface area is 264 Å². The number of hydrogen-bond acceptors (Lipinski definition) is 8. The summed E-state index contributed by atoms with van der Waals surface area (Å²) in [5.41, 5.74) is 2.67.